The number of benzene rings is 2. The van der Waals surface area contributed by atoms with Crippen LogP contribution in [0.1, 0.15) is 23.4 Å². The van der Waals surface area contributed by atoms with Crippen LogP contribution in [0.4, 0.5) is 4.39 Å². The van der Waals surface area contributed by atoms with Crippen molar-refractivity contribution < 1.29 is 9.50 Å². The van der Waals surface area contributed by atoms with Gasteiger partial charge in [0.15, 0.2) is 6.17 Å². The maximum Gasteiger partial charge on any atom is 0.155 e. The normalized spacial score (nSPS) is 14.4. The zero-order valence-electron chi connectivity index (χ0n) is 8.75. The van der Waals surface area contributed by atoms with Crippen molar-refractivity contribution in [1.82, 2.24) is 0 Å². The fourth-order valence-electron chi connectivity index (χ4n) is 1.64. The second-order valence-corrected chi connectivity index (χ2v) is 3.67. The molecule has 0 aliphatic heterocycles. The second-order valence-electron chi connectivity index (χ2n) is 3.67. The van der Waals surface area contributed by atoms with Gasteiger partial charge in [-0.05, 0) is 11.1 Å². The molecule has 0 radical (unpaired) electrons. The molecule has 0 fully saturated rings. The highest BCUT2D eigenvalue weighted by Gasteiger charge is 2.21. The molecular weight excluding hydrogens is 203 g/mol. The first-order valence-electron chi connectivity index (χ1n) is 5.21. The van der Waals surface area contributed by atoms with Crippen molar-refractivity contribution in [1.29, 1.82) is 0 Å². The third kappa shape index (κ3) is 2.28. The van der Waals surface area contributed by atoms with Crippen molar-refractivity contribution in [2.24, 2.45) is 0 Å². The van der Waals surface area contributed by atoms with Crippen LogP contribution in [-0.2, 0) is 0 Å². The lowest BCUT2D eigenvalue weighted by atomic mass is 10.00. The lowest BCUT2D eigenvalue weighted by Gasteiger charge is -2.16. The molecule has 2 atom stereocenters. The summed E-state index contributed by atoms with van der Waals surface area (Å²) in [5.41, 5.74) is 1.10. The second kappa shape index (κ2) is 4.90. The predicted molar refractivity (Wildman–Crippen MR) is 61.7 cm³/mol. The van der Waals surface area contributed by atoms with E-state index in [1.54, 1.807) is 48.5 Å². The van der Waals surface area contributed by atoms with Crippen LogP contribution < -0.4 is 0 Å². The first-order chi connectivity index (χ1) is 7.79. The predicted octanol–water partition coefficient (Wildman–Crippen LogP) is 3.43. The quantitative estimate of drug-likeness (QED) is 0.833. The standard InChI is InChI=1S/C14H13FO/c15-13(11-7-3-1-4-8-11)14(16)12-9-5-2-6-10-12/h1-10,13-14,16H/t13-,14-/m0/s1. The molecule has 1 N–H and O–H groups in total. The van der Waals surface area contributed by atoms with Crippen LogP contribution >= 0.6 is 0 Å². The van der Waals surface area contributed by atoms with Gasteiger partial charge in [-0.15, -0.1) is 0 Å². The van der Waals surface area contributed by atoms with E-state index in [9.17, 15) is 9.50 Å². The Kier molecular flexibility index (Phi) is 3.32. The number of hydrogen-bond acceptors (Lipinski definition) is 1. The first kappa shape index (κ1) is 10.8. The lowest BCUT2D eigenvalue weighted by molar-refractivity contribution is 0.0775. The third-order valence-corrected chi connectivity index (χ3v) is 2.54. The topological polar surface area (TPSA) is 20.2 Å². The Morgan fingerprint density at radius 3 is 1.69 bits per heavy atom. The summed E-state index contributed by atoms with van der Waals surface area (Å²) in [4.78, 5) is 0. The van der Waals surface area contributed by atoms with Gasteiger partial charge in [0.2, 0.25) is 0 Å². The molecule has 2 heteroatoms. The summed E-state index contributed by atoms with van der Waals surface area (Å²) in [5, 5.41) is 9.87. The van der Waals surface area contributed by atoms with Crippen molar-refractivity contribution in [3.63, 3.8) is 0 Å². The van der Waals surface area contributed by atoms with E-state index in [2.05, 4.69) is 0 Å². The molecule has 0 aliphatic rings. The zero-order valence-corrected chi connectivity index (χ0v) is 8.75. The molecule has 16 heavy (non-hydrogen) atoms. The fourth-order valence-corrected chi connectivity index (χ4v) is 1.64. The van der Waals surface area contributed by atoms with Crippen LogP contribution in [-0.4, -0.2) is 5.11 Å². The van der Waals surface area contributed by atoms with Gasteiger partial charge in [-0.1, -0.05) is 60.7 Å². The van der Waals surface area contributed by atoms with Crippen LogP contribution in [0, 0.1) is 0 Å². The summed E-state index contributed by atoms with van der Waals surface area (Å²) in [6.45, 7) is 0. The maximum absolute atomic E-state index is 14.0. The summed E-state index contributed by atoms with van der Waals surface area (Å²) in [6.07, 6.45) is -2.49. The minimum absolute atomic E-state index is 0.499. The molecule has 2 aromatic carbocycles. The molecule has 0 amide bonds. The van der Waals surface area contributed by atoms with Crippen LogP contribution in [0.25, 0.3) is 0 Å². The van der Waals surface area contributed by atoms with E-state index in [1.165, 1.54) is 0 Å². The van der Waals surface area contributed by atoms with Crippen molar-refractivity contribution in [3.8, 4) is 0 Å². The molecule has 0 heterocycles. The minimum Gasteiger partial charge on any atom is -0.385 e. The highest BCUT2D eigenvalue weighted by molar-refractivity contribution is 5.24. The Balaban J connectivity index is 2.20. The largest absolute Gasteiger partial charge is 0.385 e. The van der Waals surface area contributed by atoms with Gasteiger partial charge in [-0.25, -0.2) is 4.39 Å². The van der Waals surface area contributed by atoms with E-state index >= 15 is 0 Å². The molecule has 82 valence electrons. The first-order valence-corrected chi connectivity index (χ1v) is 5.21. The smallest absolute Gasteiger partial charge is 0.155 e. The number of aliphatic hydroxyl groups excluding tert-OH is 1. The van der Waals surface area contributed by atoms with Gasteiger partial charge in [-0.2, -0.15) is 0 Å². The maximum atomic E-state index is 14.0. The molecule has 0 unspecified atom stereocenters. The van der Waals surface area contributed by atoms with Crippen molar-refractivity contribution in [2.45, 2.75) is 12.3 Å². The summed E-state index contributed by atoms with van der Waals surface area (Å²) in [5.74, 6) is 0. The summed E-state index contributed by atoms with van der Waals surface area (Å²) < 4.78 is 14.0. The monoisotopic (exact) mass is 216 g/mol. The summed E-state index contributed by atoms with van der Waals surface area (Å²) >= 11 is 0. The fraction of sp³-hybridized carbons (Fsp3) is 0.143. The van der Waals surface area contributed by atoms with E-state index in [0.29, 0.717) is 11.1 Å². The van der Waals surface area contributed by atoms with E-state index in [0.717, 1.165) is 0 Å². The number of hydrogen-bond donors (Lipinski definition) is 1. The van der Waals surface area contributed by atoms with Crippen molar-refractivity contribution in [2.75, 3.05) is 0 Å². The number of aliphatic hydroxyl groups is 1. The molecule has 2 rings (SSSR count). The third-order valence-electron chi connectivity index (χ3n) is 2.54. The minimum atomic E-state index is -1.39. The van der Waals surface area contributed by atoms with Crippen molar-refractivity contribution in [3.05, 3.63) is 71.8 Å². The average Bonchev–Trinajstić information content (AvgIpc) is 2.39. The lowest BCUT2D eigenvalue weighted by Crippen LogP contribution is -2.06. The van der Waals surface area contributed by atoms with Gasteiger partial charge in [-0.3, -0.25) is 0 Å². The number of halogens is 1. The van der Waals surface area contributed by atoms with Gasteiger partial charge in [0, 0.05) is 0 Å². The molecule has 1 nitrogen and oxygen atoms in total. The Morgan fingerprint density at radius 1 is 0.750 bits per heavy atom. The molecule has 2 aromatic rings. The Bertz CT molecular complexity index is 384. The van der Waals surface area contributed by atoms with Crippen LogP contribution in [0.15, 0.2) is 60.7 Å². The molecule has 0 bridgehead atoms. The van der Waals surface area contributed by atoms with Gasteiger partial charge in [0.1, 0.15) is 6.10 Å². The summed E-state index contributed by atoms with van der Waals surface area (Å²) in [6, 6.07) is 17.6. The van der Waals surface area contributed by atoms with Gasteiger partial charge in [0.25, 0.3) is 0 Å². The molecule has 0 aromatic heterocycles. The Morgan fingerprint density at radius 2 is 1.19 bits per heavy atom. The van der Waals surface area contributed by atoms with Crippen LogP contribution in [0.5, 0.6) is 0 Å². The van der Waals surface area contributed by atoms with Crippen LogP contribution in [0.3, 0.4) is 0 Å². The highest BCUT2D eigenvalue weighted by Crippen LogP contribution is 2.31. The molecule has 0 spiro atoms. The molecule has 0 saturated carbocycles. The summed E-state index contributed by atoms with van der Waals surface area (Å²) in [7, 11) is 0. The van der Waals surface area contributed by atoms with Gasteiger partial charge < -0.3 is 5.11 Å². The Hall–Kier alpha value is -1.67. The molecule has 0 aliphatic carbocycles. The molecule has 0 saturated heterocycles. The highest BCUT2D eigenvalue weighted by atomic mass is 19.1. The molecular formula is C14H13FO. The van der Waals surface area contributed by atoms with Gasteiger partial charge >= 0.3 is 0 Å². The van der Waals surface area contributed by atoms with E-state index in [4.69, 9.17) is 0 Å². The van der Waals surface area contributed by atoms with Gasteiger partial charge in [0.05, 0.1) is 0 Å². The number of alkyl halides is 1. The van der Waals surface area contributed by atoms with E-state index in [1.807, 2.05) is 12.1 Å². The van der Waals surface area contributed by atoms with E-state index < -0.39 is 12.3 Å². The Labute approximate surface area is 94.2 Å². The zero-order chi connectivity index (χ0) is 11.4. The van der Waals surface area contributed by atoms with Crippen LogP contribution in [0.2, 0.25) is 0 Å². The van der Waals surface area contributed by atoms with E-state index in [-0.39, 0.29) is 0 Å². The number of rotatable bonds is 3. The SMILES string of the molecule is O[C@@H](c1ccccc1)[C@@H](F)c1ccccc1. The van der Waals surface area contributed by atoms with Crippen molar-refractivity contribution >= 4 is 0 Å². The average molecular weight is 216 g/mol.